The van der Waals surface area contributed by atoms with E-state index >= 15 is 0 Å². The summed E-state index contributed by atoms with van der Waals surface area (Å²) in [4.78, 5) is 0. The molecule has 1 aromatic carbocycles. The summed E-state index contributed by atoms with van der Waals surface area (Å²) >= 11 is 0. The standard InChI is InChI=1S/C11H15F2NO2/c1-7(14)5-8-3-4-9(16-11(12)13)10(6-8)15-2/h3-4,6-7,11H,5,14H2,1-2H3. The Morgan fingerprint density at radius 1 is 1.31 bits per heavy atom. The van der Waals surface area contributed by atoms with E-state index in [1.54, 1.807) is 12.1 Å². The van der Waals surface area contributed by atoms with Crippen molar-refractivity contribution in [1.82, 2.24) is 0 Å². The van der Waals surface area contributed by atoms with Gasteiger partial charge in [0.25, 0.3) is 0 Å². The number of benzene rings is 1. The van der Waals surface area contributed by atoms with Gasteiger partial charge in [0.2, 0.25) is 0 Å². The number of hydrogen-bond donors (Lipinski definition) is 1. The van der Waals surface area contributed by atoms with E-state index in [4.69, 9.17) is 10.5 Å². The molecule has 0 amide bonds. The van der Waals surface area contributed by atoms with E-state index in [0.717, 1.165) is 5.56 Å². The molecule has 0 saturated heterocycles. The molecule has 0 saturated carbocycles. The Balaban J connectivity index is 2.88. The van der Waals surface area contributed by atoms with Crippen LogP contribution in [-0.4, -0.2) is 19.8 Å². The summed E-state index contributed by atoms with van der Waals surface area (Å²) in [5, 5.41) is 0. The molecule has 0 radical (unpaired) electrons. The molecular weight excluding hydrogens is 216 g/mol. The molecule has 16 heavy (non-hydrogen) atoms. The highest BCUT2D eigenvalue weighted by Gasteiger charge is 2.11. The maximum atomic E-state index is 12.0. The van der Waals surface area contributed by atoms with Gasteiger partial charge in [-0.15, -0.1) is 0 Å². The first-order valence-electron chi connectivity index (χ1n) is 4.90. The highest BCUT2D eigenvalue weighted by Crippen LogP contribution is 2.29. The summed E-state index contributed by atoms with van der Waals surface area (Å²) in [6.07, 6.45) is 0.658. The highest BCUT2D eigenvalue weighted by atomic mass is 19.3. The Labute approximate surface area is 93.2 Å². The maximum Gasteiger partial charge on any atom is 0.387 e. The van der Waals surface area contributed by atoms with Gasteiger partial charge in [-0.3, -0.25) is 0 Å². The second-order valence-electron chi connectivity index (χ2n) is 3.55. The summed E-state index contributed by atoms with van der Waals surface area (Å²) in [5.74, 6) is 0.323. The summed E-state index contributed by atoms with van der Waals surface area (Å²) in [7, 11) is 1.41. The lowest BCUT2D eigenvalue weighted by Crippen LogP contribution is -2.17. The predicted octanol–water partition coefficient (Wildman–Crippen LogP) is 2.19. The van der Waals surface area contributed by atoms with E-state index < -0.39 is 6.61 Å². The van der Waals surface area contributed by atoms with Gasteiger partial charge in [-0.1, -0.05) is 6.07 Å². The van der Waals surface area contributed by atoms with Gasteiger partial charge < -0.3 is 15.2 Å². The van der Waals surface area contributed by atoms with Crippen LogP contribution < -0.4 is 15.2 Å². The van der Waals surface area contributed by atoms with Gasteiger partial charge in [-0.2, -0.15) is 8.78 Å². The van der Waals surface area contributed by atoms with Crippen LogP contribution in [0.4, 0.5) is 8.78 Å². The topological polar surface area (TPSA) is 44.5 Å². The largest absolute Gasteiger partial charge is 0.493 e. The van der Waals surface area contributed by atoms with Crippen molar-refractivity contribution in [2.75, 3.05) is 7.11 Å². The second-order valence-corrected chi connectivity index (χ2v) is 3.55. The quantitative estimate of drug-likeness (QED) is 0.844. The molecule has 0 fully saturated rings. The number of hydrogen-bond acceptors (Lipinski definition) is 3. The smallest absolute Gasteiger partial charge is 0.387 e. The van der Waals surface area contributed by atoms with E-state index in [-0.39, 0.29) is 11.8 Å². The van der Waals surface area contributed by atoms with E-state index in [2.05, 4.69) is 4.74 Å². The number of alkyl halides is 2. The first-order chi connectivity index (χ1) is 7.52. The van der Waals surface area contributed by atoms with Crippen molar-refractivity contribution in [1.29, 1.82) is 0 Å². The molecule has 0 aliphatic rings. The van der Waals surface area contributed by atoms with E-state index in [1.165, 1.54) is 13.2 Å². The zero-order valence-electron chi connectivity index (χ0n) is 9.24. The average molecular weight is 231 g/mol. The van der Waals surface area contributed by atoms with Crippen LogP contribution in [0.2, 0.25) is 0 Å². The Kier molecular flexibility index (Phi) is 4.49. The molecule has 0 bridgehead atoms. The molecule has 5 heteroatoms. The van der Waals surface area contributed by atoms with Crippen molar-refractivity contribution < 1.29 is 18.3 Å². The van der Waals surface area contributed by atoms with Crippen LogP contribution in [0, 0.1) is 0 Å². The third-order valence-corrected chi connectivity index (χ3v) is 2.00. The Hall–Kier alpha value is -1.36. The Morgan fingerprint density at radius 2 is 2.00 bits per heavy atom. The molecule has 2 N–H and O–H groups in total. The average Bonchev–Trinajstić information content (AvgIpc) is 2.18. The number of ether oxygens (including phenoxy) is 2. The van der Waals surface area contributed by atoms with Crippen LogP contribution in [0.25, 0.3) is 0 Å². The number of rotatable bonds is 5. The van der Waals surface area contributed by atoms with Crippen molar-refractivity contribution in [2.24, 2.45) is 5.73 Å². The first kappa shape index (κ1) is 12.7. The maximum absolute atomic E-state index is 12.0. The van der Waals surface area contributed by atoms with Crippen molar-refractivity contribution in [2.45, 2.75) is 26.0 Å². The van der Waals surface area contributed by atoms with Crippen LogP contribution in [0.1, 0.15) is 12.5 Å². The molecule has 0 heterocycles. The third kappa shape index (κ3) is 3.66. The van der Waals surface area contributed by atoms with Gasteiger partial charge >= 0.3 is 6.61 Å². The van der Waals surface area contributed by atoms with Gasteiger partial charge in [0.15, 0.2) is 11.5 Å². The lowest BCUT2D eigenvalue weighted by atomic mass is 10.1. The molecule has 0 aromatic heterocycles. The van der Waals surface area contributed by atoms with E-state index in [9.17, 15) is 8.78 Å². The minimum absolute atomic E-state index is 0.00609. The number of halogens is 2. The molecule has 90 valence electrons. The molecule has 1 rings (SSSR count). The van der Waals surface area contributed by atoms with Gasteiger partial charge in [0.05, 0.1) is 7.11 Å². The molecular formula is C11H15F2NO2. The fourth-order valence-corrected chi connectivity index (χ4v) is 1.40. The summed E-state index contributed by atoms with van der Waals surface area (Å²) in [6.45, 7) is -0.982. The molecule has 1 aromatic rings. The lowest BCUT2D eigenvalue weighted by molar-refractivity contribution is -0.0512. The van der Waals surface area contributed by atoms with E-state index in [0.29, 0.717) is 12.2 Å². The molecule has 1 atom stereocenters. The molecule has 3 nitrogen and oxygen atoms in total. The fourth-order valence-electron chi connectivity index (χ4n) is 1.40. The van der Waals surface area contributed by atoms with Crippen molar-refractivity contribution in [3.05, 3.63) is 23.8 Å². The van der Waals surface area contributed by atoms with Crippen molar-refractivity contribution in [3.63, 3.8) is 0 Å². The number of methoxy groups -OCH3 is 1. The van der Waals surface area contributed by atoms with Crippen LogP contribution in [0.5, 0.6) is 11.5 Å². The molecule has 0 aliphatic carbocycles. The van der Waals surface area contributed by atoms with Gasteiger partial charge in [-0.25, -0.2) is 0 Å². The molecule has 1 unspecified atom stereocenters. The zero-order valence-corrected chi connectivity index (χ0v) is 9.24. The highest BCUT2D eigenvalue weighted by molar-refractivity contribution is 5.43. The minimum Gasteiger partial charge on any atom is -0.493 e. The monoisotopic (exact) mass is 231 g/mol. The fraction of sp³-hybridized carbons (Fsp3) is 0.455. The van der Waals surface area contributed by atoms with E-state index in [1.807, 2.05) is 6.92 Å². The SMILES string of the molecule is COc1cc(CC(C)N)ccc1OC(F)F. The van der Waals surface area contributed by atoms with Gasteiger partial charge in [-0.05, 0) is 31.0 Å². The zero-order chi connectivity index (χ0) is 12.1. The molecule has 0 spiro atoms. The van der Waals surface area contributed by atoms with Crippen LogP contribution >= 0.6 is 0 Å². The van der Waals surface area contributed by atoms with Crippen molar-refractivity contribution in [3.8, 4) is 11.5 Å². The Morgan fingerprint density at radius 3 is 2.50 bits per heavy atom. The van der Waals surface area contributed by atoms with Crippen molar-refractivity contribution >= 4 is 0 Å². The second kappa shape index (κ2) is 5.65. The Bertz CT molecular complexity index is 343. The summed E-state index contributed by atoms with van der Waals surface area (Å²) in [5.41, 5.74) is 6.57. The lowest BCUT2D eigenvalue weighted by Gasteiger charge is -2.12. The van der Waals surface area contributed by atoms with Crippen LogP contribution in [-0.2, 0) is 6.42 Å². The molecule has 0 aliphatic heterocycles. The predicted molar refractivity (Wildman–Crippen MR) is 57.0 cm³/mol. The van der Waals surface area contributed by atoms with Crippen LogP contribution in [0.3, 0.4) is 0 Å². The summed E-state index contributed by atoms with van der Waals surface area (Å²) in [6, 6.07) is 4.82. The summed E-state index contributed by atoms with van der Waals surface area (Å²) < 4.78 is 33.4. The third-order valence-electron chi connectivity index (χ3n) is 2.00. The van der Waals surface area contributed by atoms with Gasteiger partial charge in [0.1, 0.15) is 0 Å². The first-order valence-corrected chi connectivity index (χ1v) is 4.90. The minimum atomic E-state index is -2.85. The van der Waals surface area contributed by atoms with Gasteiger partial charge in [0, 0.05) is 6.04 Å². The normalized spacial score (nSPS) is 12.6. The number of nitrogens with two attached hydrogens (primary N) is 1. The van der Waals surface area contributed by atoms with Crippen LogP contribution in [0.15, 0.2) is 18.2 Å².